The summed E-state index contributed by atoms with van der Waals surface area (Å²) in [6, 6.07) is 0.922. The van der Waals surface area contributed by atoms with Gasteiger partial charge in [-0.1, -0.05) is 11.4 Å². The average Bonchev–Trinajstić information content (AvgIpc) is 3.60. The number of aromatic amines is 1. The molecule has 6 heterocycles. The highest BCUT2D eigenvalue weighted by Gasteiger charge is 2.52. The number of nitrogens with one attached hydrogen (secondary N) is 1. The van der Waals surface area contributed by atoms with Crippen molar-refractivity contribution in [3.05, 3.63) is 45.8 Å². The number of hydrogen-bond donors (Lipinski definition) is 2. The number of hydrogen-bond acceptors (Lipinski definition) is 17. The second kappa shape index (κ2) is 11.4. The van der Waals surface area contributed by atoms with Crippen molar-refractivity contribution in [1.29, 1.82) is 0 Å². The molecule has 0 aliphatic carbocycles. The number of methoxy groups -OCH3 is 1. The molecule has 0 radical (unpaired) electrons. The molecule has 3 fully saturated rings. The molecule has 3 N–H and O–H groups in total. The largest absolute Gasteiger partial charge is 0.770 e. The van der Waals surface area contributed by atoms with Crippen LogP contribution in [-0.4, -0.2) is 85.2 Å². The Morgan fingerprint density at radius 1 is 1.12 bits per heavy atom. The fourth-order valence-corrected chi connectivity index (χ4v) is 8.56. The number of phosphoric acid groups is 1. The molecule has 10 atom stereocenters. The molecule has 0 amide bonds. The maximum Gasteiger partial charge on any atom is 0.330 e. The number of fused-ring (bicyclic) bond motifs is 5. The van der Waals surface area contributed by atoms with Crippen molar-refractivity contribution in [2.45, 2.75) is 49.1 Å². The van der Waals surface area contributed by atoms with Crippen molar-refractivity contribution >= 4 is 43.0 Å². The van der Waals surface area contributed by atoms with Gasteiger partial charge in [-0.25, -0.2) is 24.1 Å². The van der Waals surface area contributed by atoms with Crippen LogP contribution in [0.25, 0.3) is 11.2 Å². The molecule has 2 unspecified atom stereocenters. The van der Waals surface area contributed by atoms with Gasteiger partial charge < -0.3 is 43.3 Å². The Labute approximate surface area is 243 Å². The first-order valence-corrected chi connectivity index (χ1v) is 17.0. The maximum atomic E-state index is 15.6. The van der Waals surface area contributed by atoms with Gasteiger partial charge in [-0.05, 0) is 0 Å². The van der Waals surface area contributed by atoms with E-state index in [2.05, 4.69) is 15.0 Å². The Morgan fingerprint density at radius 3 is 2.60 bits per heavy atom. The standard InChI is InChI=1S/C20H24FN7O12P2S/c1-35-13-9-5-43-42(33,34)40-14-11(21)8(37-18(14)27-3-2-10(29)26-20(27)30)4-36-41(31,32)39-15(13)19(38-9)28-7-25-12-16(22)23-6-24-17(12)28/h2-3,6-9,11,13-15,18-19H,4-5H2,1H3,(H,31,32)(H,33,34)(H2,22,23,24)(H,26,29,30)/p-2/t8-,9-,11-,13-,14-,15-,18-,19-/m1/s1. The third-order valence-electron chi connectivity index (χ3n) is 6.90. The van der Waals surface area contributed by atoms with Crippen LogP contribution in [0.5, 0.6) is 0 Å². The second-order valence-corrected chi connectivity index (χ2v) is 14.7. The molecule has 3 saturated heterocycles. The molecule has 0 saturated carbocycles. The van der Waals surface area contributed by atoms with Crippen molar-refractivity contribution in [2.75, 3.05) is 25.2 Å². The fraction of sp³-hybridized carbons (Fsp3) is 0.550. The van der Waals surface area contributed by atoms with Crippen molar-refractivity contribution in [3.63, 3.8) is 0 Å². The molecular formula is C20H22FN7O12P2S-2. The molecule has 234 valence electrons. The van der Waals surface area contributed by atoms with Gasteiger partial charge >= 0.3 is 5.69 Å². The predicted octanol–water partition coefficient (Wildman–Crippen LogP) is -1.42. The van der Waals surface area contributed by atoms with Crippen molar-refractivity contribution < 1.29 is 51.1 Å². The lowest BCUT2D eigenvalue weighted by molar-refractivity contribution is -0.237. The van der Waals surface area contributed by atoms with Gasteiger partial charge in [0.25, 0.3) is 13.4 Å². The zero-order valence-electron chi connectivity index (χ0n) is 21.7. The van der Waals surface area contributed by atoms with Crippen LogP contribution in [0.4, 0.5) is 10.2 Å². The molecule has 0 aromatic carbocycles. The molecular weight excluding hydrogens is 643 g/mol. The Morgan fingerprint density at radius 2 is 1.86 bits per heavy atom. The van der Waals surface area contributed by atoms with E-state index >= 15 is 4.39 Å². The number of halogens is 1. The van der Waals surface area contributed by atoms with Crippen LogP contribution in [0.2, 0.25) is 0 Å². The van der Waals surface area contributed by atoms with Crippen molar-refractivity contribution in [1.82, 2.24) is 29.1 Å². The maximum absolute atomic E-state index is 15.6. The summed E-state index contributed by atoms with van der Waals surface area (Å²) in [5.74, 6) is -0.366. The Bertz CT molecular complexity index is 1740. The number of nitrogens with zero attached hydrogens (tertiary/aromatic N) is 5. The SMILES string of the molecule is CO[C@H]1[C@H]2OP(=O)([O-])OC[C@H]3O[C@@H](n4ccc(=O)[nH]c4=O)[C@H](OP(=O)([O-])SC[C@H]1O[C@H]2n1cnc2c(N)ncnc21)[C@@H]3F. The third kappa shape index (κ3) is 5.83. The van der Waals surface area contributed by atoms with E-state index in [1.807, 2.05) is 4.98 Å². The first-order valence-electron chi connectivity index (χ1n) is 12.4. The van der Waals surface area contributed by atoms with Crippen LogP contribution in [-0.2, 0) is 36.9 Å². The van der Waals surface area contributed by atoms with Gasteiger partial charge in [-0.3, -0.25) is 28.0 Å². The van der Waals surface area contributed by atoms with E-state index in [1.165, 1.54) is 18.0 Å². The lowest BCUT2D eigenvalue weighted by Gasteiger charge is -2.32. The van der Waals surface area contributed by atoms with Gasteiger partial charge in [0.2, 0.25) is 0 Å². The minimum absolute atomic E-state index is 0.0357. The monoisotopic (exact) mass is 665 g/mol. The van der Waals surface area contributed by atoms with Crippen LogP contribution in [0.15, 0.2) is 34.5 Å². The second-order valence-electron chi connectivity index (χ2n) is 9.50. The number of anilines is 1. The molecule has 3 aromatic heterocycles. The summed E-state index contributed by atoms with van der Waals surface area (Å²) < 4.78 is 76.2. The van der Waals surface area contributed by atoms with Gasteiger partial charge in [0.1, 0.15) is 36.3 Å². The minimum Gasteiger partial charge on any atom is -0.770 e. The van der Waals surface area contributed by atoms with Crippen LogP contribution in [0.3, 0.4) is 0 Å². The van der Waals surface area contributed by atoms with Gasteiger partial charge in [0.15, 0.2) is 36.9 Å². The summed E-state index contributed by atoms with van der Waals surface area (Å²) in [7, 11) is -4.05. The predicted molar refractivity (Wildman–Crippen MR) is 138 cm³/mol. The lowest BCUT2D eigenvalue weighted by Crippen LogP contribution is -2.39. The molecule has 0 spiro atoms. The summed E-state index contributed by atoms with van der Waals surface area (Å²) >= 11 is 0.233. The van der Waals surface area contributed by atoms with E-state index in [0.717, 1.165) is 18.6 Å². The first-order chi connectivity index (χ1) is 20.4. The fourth-order valence-electron chi connectivity index (χ4n) is 5.00. The normalized spacial score (nSPS) is 38.7. The molecule has 3 aliphatic rings. The van der Waals surface area contributed by atoms with Gasteiger partial charge in [0.05, 0.1) is 19.0 Å². The number of aromatic nitrogens is 6. The van der Waals surface area contributed by atoms with Crippen LogP contribution < -0.4 is 26.8 Å². The Balaban J connectivity index is 1.35. The van der Waals surface area contributed by atoms with Crippen LogP contribution in [0.1, 0.15) is 12.5 Å². The van der Waals surface area contributed by atoms with E-state index in [0.29, 0.717) is 4.57 Å². The lowest BCUT2D eigenvalue weighted by atomic mass is 10.1. The smallest absolute Gasteiger partial charge is 0.330 e. The van der Waals surface area contributed by atoms with Crippen molar-refractivity contribution in [3.8, 4) is 0 Å². The molecule has 6 rings (SSSR count). The third-order valence-corrected chi connectivity index (χ3v) is 10.8. The number of nitrogen functional groups attached to an aromatic ring is 1. The molecule has 43 heavy (non-hydrogen) atoms. The number of nitrogens with two attached hydrogens (primary N) is 1. The Kier molecular flexibility index (Phi) is 8.10. The van der Waals surface area contributed by atoms with E-state index in [4.69, 9.17) is 33.5 Å². The number of phosphoric ester groups is 1. The zero-order chi connectivity index (χ0) is 30.7. The number of imidazole rings is 1. The van der Waals surface area contributed by atoms with E-state index in [9.17, 15) is 28.5 Å². The highest BCUT2D eigenvalue weighted by Crippen LogP contribution is 2.57. The zero-order valence-corrected chi connectivity index (χ0v) is 24.3. The van der Waals surface area contributed by atoms with Gasteiger partial charge in [-0.2, -0.15) is 0 Å². The van der Waals surface area contributed by atoms with Gasteiger partial charge in [0, 0.05) is 25.1 Å². The summed E-state index contributed by atoms with van der Waals surface area (Å²) in [6.07, 6.45) is -9.47. The summed E-state index contributed by atoms with van der Waals surface area (Å²) in [4.78, 5) is 64.1. The van der Waals surface area contributed by atoms with Crippen LogP contribution >= 0.6 is 26.0 Å². The molecule has 23 heteroatoms. The van der Waals surface area contributed by atoms with E-state index < -0.39 is 87.4 Å². The summed E-state index contributed by atoms with van der Waals surface area (Å²) in [5, 5.41) is 0. The molecule has 3 aliphatic heterocycles. The number of ether oxygens (including phenoxy) is 3. The quantitative estimate of drug-likeness (QED) is 0.304. The average molecular weight is 665 g/mol. The molecule has 19 nitrogen and oxygen atoms in total. The summed E-state index contributed by atoms with van der Waals surface area (Å²) in [5.41, 5.74) is 4.37. The first kappa shape index (κ1) is 30.5. The van der Waals surface area contributed by atoms with E-state index in [-0.39, 0.29) is 28.4 Å². The molecule has 4 bridgehead atoms. The number of alkyl halides is 1. The van der Waals surface area contributed by atoms with Gasteiger partial charge in [-0.15, -0.1) is 0 Å². The van der Waals surface area contributed by atoms with Crippen LogP contribution in [0, 0.1) is 0 Å². The number of rotatable bonds is 3. The topological polar surface area (TPSA) is 260 Å². The summed E-state index contributed by atoms with van der Waals surface area (Å²) in [6.45, 7) is -5.98. The Hall–Kier alpha value is -2.55. The highest BCUT2D eigenvalue weighted by molar-refractivity contribution is 8.54. The number of H-pyrrole nitrogens is 1. The highest BCUT2D eigenvalue weighted by atomic mass is 32.7. The molecule has 3 aromatic rings. The minimum atomic E-state index is -5.29. The van der Waals surface area contributed by atoms with Crippen molar-refractivity contribution in [2.24, 2.45) is 0 Å². The van der Waals surface area contributed by atoms with E-state index in [1.54, 1.807) is 0 Å².